The molecule has 2 atom stereocenters. The van der Waals surface area contributed by atoms with Gasteiger partial charge in [-0.2, -0.15) is 4.98 Å². The third kappa shape index (κ3) is 3.38. The van der Waals surface area contributed by atoms with Crippen LogP contribution in [0.5, 0.6) is 0 Å². The maximum absolute atomic E-state index is 13.2. The average molecular weight is 338 g/mol. The minimum Gasteiger partial charge on any atom is -0.367 e. The number of halogens is 1. The molecular weight excluding hydrogens is 319 g/mol. The van der Waals surface area contributed by atoms with E-state index in [4.69, 9.17) is 4.52 Å². The van der Waals surface area contributed by atoms with Crippen LogP contribution in [0.3, 0.4) is 0 Å². The Morgan fingerprint density at radius 1 is 1.16 bits per heavy atom. The zero-order chi connectivity index (χ0) is 17.2. The van der Waals surface area contributed by atoms with Gasteiger partial charge < -0.3 is 9.84 Å². The highest BCUT2D eigenvalue weighted by Gasteiger charge is 2.28. The van der Waals surface area contributed by atoms with E-state index in [1.807, 2.05) is 24.3 Å². The normalized spacial score (nSPS) is 19.9. The third-order valence-electron chi connectivity index (χ3n) is 4.68. The standard InChI is InChI=1S/C19H19FN4O/c1-12-22-19(25-24-12)14-9-10-21-18(11-14)23-17-4-2-3-16(17)13-5-7-15(20)8-6-13/h5-11,16-17H,2-4H2,1H3,(H,21,23). The predicted octanol–water partition coefficient (Wildman–Crippen LogP) is 4.33. The second kappa shape index (κ2) is 6.63. The number of hydrogen-bond donors (Lipinski definition) is 1. The van der Waals surface area contributed by atoms with E-state index in [-0.39, 0.29) is 11.9 Å². The highest BCUT2D eigenvalue weighted by molar-refractivity contribution is 5.58. The summed E-state index contributed by atoms with van der Waals surface area (Å²) in [4.78, 5) is 8.67. The molecule has 4 rings (SSSR count). The smallest absolute Gasteiger partial charge is 0.258 e. The number of rotatable bonds is 4. The highest BCUT2D eigenvalue weighted by Crippen LogP contribution is 2.36. The van der Waals surface area contributed by atoms with Crippen molar-refractivity contribution in [3.63, 3.8) is 0 Å². The molecule has 0 aliphatic heterocycles. The van der Waals surface area contributed by atoms with Crippen molar-refractivity contribution >= 4 is 5.82 Å². The van der Waals surface area contributed by atoms with Crippen molar-refractivity contribution in [2.75, 3.05) is 5.32 Å². The lowest BCUT2D eigenvalue weighted by molar-refractivity contribution is 0.425. The van der Waals surface area contributed by atoms with Crippen LogP contribution >= 0.6 is 0 Å². The molecule has 0 amide bonds. The monoisotopic (exact) mass is 338 g/mol. The van der Waals surface area contributed by atoms with Gasteiger partial charge in [0.1, 0.15) is 11.6 Å². The number of hydrogen-bond acceptors (Lipinski definition) is 5. The number of anilines is 1. The molecule has 25 heavy (non-hydrogen) atoms. The molecule has 2 heterocycles. The second-order valence-electron chi connectivity index (χ2n) is 6.42. The van der Waals surface area contributed by atoms with Gasteiger partial charge in [-0.3, -0.25) is 0 Å². The molecule has 1 aliphatic rings. The molecular formula is C19H19FN4O. The van der Waals surface area contributed by atoms with Crippen LogP contribution in [-0.2, 0) is 0 Å². The zero-order valence-corrected chi connectivity index (χ0v) is 13.9. The van der Waals surface area contributed by atoms with Gasteiger partial charge in [-0.05, 0) is 49.6 Å². The lowest BCUT2D eigenvalue weighted by atomic mass is 9.94. The molecule has 0 spiro atoms. The summed E-state index contributed by atoms with van der Waals surface area (Å²) in [7, 11) is 0. The second-order valence-corrected chi connectivity index (χ2v) is 6.42. The van der Waals surface area contributed by atoms with Crippen LogP contribution in [0, 0.1) is 12.7 Å². The van der Waals surface area contributed by atoms with E-state index in [1.165, 1.54) is 17.7 Å². The van der Waals surface area contributed by atoms with Crippen LogP contribution in [0.4, 0.5) is 10.2 Å². The quantitative estimate of drug-likeness (QED) is 0.767. The topological polar surface area (TPSA) is 63.8 Å². The van der Waals surface area contributed by atoms with Gasteiger partial charge in [-0.15, -0.1) is 0 Å². The Kier molecular flexibility index (Phi) is 4.17. The summed E-state index contributed by atoms with van der Waals surface area (Å²) >= 11 is 0. The minimum absolute atomic E-state index is 0.199. The van der Waals surface area contributed by atoms with Crippen molar-refractivity contribution in [3.05, 3.63) is 59.8 Å². The molecule has 1 saturated carbocycles. The summed E-state index contributed by atoms with van der Waals surface area (Å²) in [5.74, 6) is 2.04. The lowest BCUT2D eigenvalue weighted by Crippen LogP contribution is -2.23. The molecule has 5 nitrogen and oxygen atoms in total. The largest absolute Gasteiger partial charge is 0.367 e. The molecule has 2 aromatic heterocycles. The van der Waals surface area contributed by atoms with Crippen LogP contribution < -0.4 is 5.32 Å². The van der Waals surface area contributed by atoms with Gasteiger partial charge in [0.05, 0.1) is 0 Å². The lowest BCUT2D eigenvalue weighted by Gasteiger charge is -2.22. The maximum atomic E-state index is 13.2. The number of nitrogens with one attached hydrogen (secondary N) is 1. The summed E-state index contributed by atoms with van der Waals surface area (Å²) in [5.41, 5.74) is 2.01. The molecule has 6 heteroatoms. The molecule has 3 aromatic rings. The van der Waals surface area contributed by atoms with E-state index < -0.39 is 0 Å². The Hall–Kier alpha value is -2.76. The fourth-order valence-corrected chi connectivity index (χ4v) is 3.49. The van der Waals surface area contributed by atoms with E-state index in [1.54, 1.807) is 13.1 Å². The first-order chi connectivity index (χ1) is 12.2. The fourth-order valence-electron chi connectivity index (χ4n) is 3.49. The van der Waals surface area contributed by atoms with Crippen molar-refractivity contribution in [2.45, 2.75) is 38.1 Å². The van der Waals surface area contributed by atoms with Crippen molar-refractivity contribution in [1.29, 1.82) is 0 Å². The van der Waals surface area contributed by atoms with Crippen LogP contribution in [-0.4, -0.2) is 21.2 Å². The molecule has 1 aliphatic carbocycles. The van der Waals surface area contributed by atoms with Crippen LogP contribution in [0.2, 0.25) is 0 Å². The molecule has 0 saturated heterocycles. The van der Waals surface area contributed by atoms with Crippen LogP contribution in [0.25, 0.3) is 11.5 Å². The molecule has 0 bridgehead atoms. The molecule has 2 unspecified atom stereocenters. The summed E-state index contributed by atoms with van der Waals surface area (Å²) in [6.45, 7) is 1.79. The number of aryl methyl sites for hydroxylation is 1. The third-order valence-corrected chi connectivity index (χ3v) is 4.68. The number of benzene rings is 1. The summed E-state index contributed by atoms with van der Waals surface area (Å²) < 4.78 is 18.4. The van der Waals surface area contributed by atoms with Crippen molar-refractivity contribution < 1.29 is 8.91 Å². The summed E-state index contributed by atoms with van der Waals surface area (Å²) in [6.07, 6.45) is 5.03. The van der Waals surface area contributed by atoms with E-state index in [0.29, 0.717) is 17.6 Å². The molecule has 1 N–H and O–H groups in total. The first kappa shape index (κ1) is 15.7. The molecule has 1 fully saturated rings. The molecule has 1 aromatic carbocycles. The first-order valence-electron chi connectivity index (χ1n) is 8.48. The van der Waals surface area contributed by atoms with E-state index >= 15 is 0 Å². The predicted molar refractivity (Wildman–Crippen MR) is 92.7 cm³/mol. The van der Waals surface area contributed by atoms with E-state index in [0.717, 1.165) is 30.6 Å². The Balaban J connectivity index is 1.54. The average Bonchev–Trinajstić information content (AvgIpc) is 3.25. The van der Waals surface area contributed by atoms with E-state index in [9.17, 15) is 4.39 Å². The molecule has 0 radical (unpaired) electrons. The van der Waals surface area contributed by atoms with Gasteiger partial charge in [0.2, 0.25) is 0 Å². The van der Waals surface area contributed by atoms with Crippen LogP contribution in [0.1, 0.15) is 36.6 Å². The van der Waals surface area contributed by atoms with Gasteiger partial charge >= 0.3 is 0 Å². The van der Waals surface area contributed by atoms with Crippen molar-refractivity contribution in [3.8, 4) is 11.5 Å². The maximum Gasteiger partial charge on any atom is 0.258 e. The Bertz CT molecular complexity index is 862. The van der Waals surface area contributed by atoms with Gasteiger partial charge in [-0.1, -0.05) is 23.7 Å². The first-order valence-corrected chi connectivity index (χ1v) is 8.48. The Morgan fingerprint density at radius 2 is 2.00 bits per heavy atom. The van der Waals surface area contributed by atoms with E-state index in [2.05, 4.69) is 20.4 Å². The highest BCUT2D eigenvalue weighted by atomic mass is 19.1. The van der Waals surface area contributed by atoms with Gasteiger partial charge in [0.15, 0.2) is 5.82 Å². The van der Waals surface area contributed by atoms with Crippen molar-refractivity contribution in [1.82, 2.24) is 15.1 Å². The SMILES string of the molecule is Cc1noc(-c2ccnc(NC3CCCC3c3ccc(F)cc3)c2)n1. The number of nitrogens with zero attached hydrogens (tertiary/aromatic N) is 3. The minimum atomic E-state index is -0.199. The summed E-state index contributed by atoms with van der Waals surface area (Å²) in [6, 6.07) is 10.9. The van der Waals surface area contributed by atoms with Gasteiger partial charge in [-0.25, -0.2) is 9.37 Å². The Morgan fingerprint density at radius 3 is 2.76 bits per heavy atom. The molecule has 128 valence electrons. The summed E-state index contributed by atoms with van der Waals surface area (Å²) in [5, 5.41) is 7.35. The van der Waals surface area contributed by atoms with Crippen molar-refractivity contribution in [2.24, 2.45) is 0 Å². The van der Waals surface area contributed by atoms with Gasteiger partial charge in [0, 0.05) is 23.7 Å². The van der Waals surface area contributed by atoms with Gasteiger partial charge in [0.25, 0.3) is 5.89 Å². The Labute approximate surface area is 145 Å². The fraction of sp³-hybridized carbons (Fsp3) is 0.316. The number of aromatic nitrogens is 3. The zero-order valence-electron chi connectivity index (χ0n) is 13.9. The van der Waals surface area contributed by atoms with Crippen LogP contribution in [0.15, 0.2) is 47.1 Å². The number of pyridine rings is 1.